The largest absolute Gasteiger partial charge is 0.505 e. The quantitative estimate of drug-likeness (QED) is 0.728. The minimum Gasteiger partial charge on any atom is -0.505 e. The second-order valence-electron chi connectivity index (χ2n) is 2.52. The summed E-state index contributed by atoms with van der Waals surface area (Å²) in [4.78, 5) is 0. The smallest absolute Gasteiger partial charge is 0.165 e. The summed E-state index contributed by atoms with van der Waals surface area (Å²) in [5.74, 6) is -0.632. The van der Waals surface area contributed by atoms with Gasteiger partial charge in [0.2, 0.25) is 0 Å². The zero-order valence-corrected chi connectivity index (χ0v) is 7.38. The Hall–Kier alpha value is -1.51. The maximum absolute atomic E-state index is 12.8. The van der Waals surface area contributed by atoms with E-state index >= 15 is 0 Å². The number of halogens is 1. The van der Waals surface area contributed by atoms with Crippen molar-refractivity contribution in [2.45, 2.75) is 6.92 Å². The first-order valence-corrected chi connectivity index (χ1v) is 3.95. The van der Waals surface area contributed by atoms with Gasteiger partial charge >= 0.3 is 0 Å². The van der Waals surface area contributed by atoms with Gasteiger partial charge < -0.3 is 9.84 Å². The molecule has 0 atom stereocenters. The Balaban J connectivity index is 2.90. The minimum absolute atomic E-state index is 0.368. The van der Waals surface area contributed by atoms with Gasteiger partial charge in [-0.3, -0.25) is 0 Å². The average molecular weight is 182 g/mol. The van der Waals surface area contributed by atoms with Gasteiger partial charge in [0.05, 0.1) is 6.61 Å². The van der Waals surface area contributed by atoms with Crippen molar-refractivity contribution >= 4 is 5.76 Å². The molecule has 0 fully saturated rings. The van der Waals surface area contributed by atoms with E-state index in [9.17, 15) is 4.39 Å². The average Bonchev–Trinajstić information content (AvgIpc) is 2.10. The van der Waals surface area contributed by atoms with Crippen LogP contribution in [0.4, 0.5) is 4.39 Å². The molecule has 0 aromatic heterocycles. The van der Waals surface area contributed by atoms with Gasteiger partial charge in [-0.25, -0.2) is 4.39 Å². The number of rotatable bonds is 3. The van der Waals surface area contributed by atoms with Gasteiger partial charge in [-0.1, -0.05) is 6.58 Å². The maximum atomic E-state index is 12.8. The highest BCUT2D eigenvalue weighted by molar-refractivity contribution is 5.58. The Morgan fingerprint density at radius 1 is 1.62 bits per heavy atom. The van der Waals surface area contributed by atoms with Crippen LogP contribution in [-0.2, 0) is 4.74 Å². The molecule has 0 spiro atoms. The predicted octanol–water partition coefficient (Wildman–Crippen LogP) is 2.54. The molecule has 70 valence electrons. The van der Waals surface area contributed by atoms with E-state index in [4.69, 9.17) is 9.84 Å². The lowest BCUT2D eigenvalue weighted by Gasteiger charge is -2.06. The number of phenolic OH excluding ortho intramolecular Hbond substituents is 1. The van der Waals surface area contributed by atoms with Crippen molar-refractivity contribution in [1.82, 2.24) is 0 Å². The third-order valence-corrected chi connectivity index (χ3v) is 1.59. The van der Waals surface area contributed by atoms with Gasteiger partial charge in [0, 0.05) is 5.56 Å². The van der Waals surface area contributed by atoms with Crippen LogP contribution in [0.5, 0.6) is 5.75 Å². The minimum atomic E-state index is -0.668. The van der Waals surface area contributed by atoms with Crippen LogP contribution in [0.2, 0.25) is 0 Å². The summed E-state index contributed by atoms with van der Waals surface area (Å²) in [7, 11) is 0. The first kappa shape index (κ1) is 9.58. The number of benzene rings is 1. The normalized spacial score (nSPS) is 9.69. The van der Waals surface area contributed by atoms with E-state index in [0.29, 0.717) is 17.9 Å². The lowest BCUT2D eigenvalue weighted by molar-refractivity contribution is 0.299. The standard InChI is InChI=1S/C10H11FO2/c1-3-13-7(2)8-4-5-10(12)9(11)6-8/h4-6,12H,2-3H2,1H3. The van der Waals surface area contributed by atoms with Crippen LogP contribution in [0.15, 0.2) is 24.8 Å². The van der Waals surface area contributed by atoms with Gasteiger partial charge in [-0.05, 0) is 25.1 Å². The van der Waals surface area contributed by atoms with Crippen LogP contribution in [0.3, 0.4) is 0 Å². The SMILES string of the molecule is C=C(OCC)c1ccc(O)c(F)c1. The summed E-state index contributed by atoms with van der Waals surface area (Å²) >= 11 is 0. The van der Waals surface area contributed by atoms with Gasteiger partial charge in [-0.2, -0.15) is 0 Å². The highest BCUT2D eigenvalue weighted by Gasteiger charge is 2.04. The first-order chi connectivity index (χ1) is 6.15. The fourth-order valence-corrected chi connectivity index (χ4v) is 0.938. The van der Waals surface area contributed by atoms with E-state index in [-0.39, 0.29) is 5.75 Å². The van der Waals surface area contributed by atoms with Crippen molar-refractivity contribution in [2.75, 3.05) is 6.61 Å². The molecule has 0 heterocycles. The molecule has 13 heavy (non-hydrogen) atoms. The summed E-state index contributed by atoms with van der Waals surface area (Å²) < 4.78 is 17.9. The lowest BCUT2D eigenvalue weighted by atomic mass is 10.2. The van der Waals surface area contributed by atoms with Crippen molar-refractivity contribution < 1.29 is 14.2 Å². The van der Waals surface area contributed by atoms with E-state index in [1.54, 1.807) is 6.07 Å². The van der Waals surface area contributed by atoms with E-state index in [1.165, 1.54) is 12.1 Å². The van der Waals surface area contributed by atoms with Crippen LogP contribution in [0.1, 0.15) is 12.5 Å². The Morgan fingerprint density at radius 3 is 2.85 bits per heavy atom. The Labute approximate surface area is 76.3 Å². The summed E-state index contributed by atoms with van der Waals surface area (Å²) in [6.07, 6.45) is 0. The number of phenols is 1. The number of hydrogen-bond acceptors (Lipinski definition) is 2. The molecule has 1 aromatic carbocycles. The third kappa shape index (κ3) is 2.21. The molecule has 0 aliphatic heterocycles. The third-order valence-electron chi connectivity index (χ3n) is 1.59. The van der Waals surface area contributed by atoms with Crippen molar-refractivity contribution in [3.8, 4) is 5.75 Å². The van der Waals surface area contributed by atoms with Crippen molar-refractivity contribution in [3.63, 3.8) is 0 Å². The molecule has 0 amide bonds. The van der Waals surface area contributed by atoms with E-state index in [0.717, 1.165) is 0 Å². The Morgan fingerprint density at radius 2 is 2.31 bits per heavy atom. The second-order valence-corrected chi connectivity index (χ2v) is 2.52. The number of ether oxygens (including phenoxy) is 1. The first-order valence-electron chi connectivity index (χ1n) is 3.95. The van der Waals surface area contributed by atoms with E-state index in [1.807, 2.05) is 6.92 Å². The molecule has 0 radical (unpaired) electrons. The molecule has 0 unspecified atom stereocenters. The summed E-state index contributed by atoms with van der Waals surface area (Å²) in [6, 6.07) is 4.01. The molecule has 0 bridgehead atoms. The van der Waals surface area contributed by atoms with Crippen molar-refractivity contribution in [1.29, 1.82) is 0 Å². The van der Waals surface area contributed by atoms with Gasteiger partial charge in [0.15, 0.2) is 11.6 Å². The molecule has 1 aromatic rings. The number of aromatic hydroxyl groups is 1. The second kappa shape index (κ2) is 3.94. The van der Waals surface area contributed by atoms with E-state index < -0.39 is 5.82 Å². The van der Waals surface area contributed by atoms with Gasteiger partial charge in [-0.15, -0.1) is 0 Å². The molecular formula is C10H11FO2. The molecule has 3 heteroatoms. The monoisotopic (exact) mass is 182 g/mol. The lowest BCUT2D eigenvalue weighted by Crippen LogP contribution is -1.90. The molecule has 2 nitrogen and oxygen atoms in total. The van der Waals surface area contributed by atoms with E-state index in [2.05, 4.69) is 6.58 Å². The van der Waals surface area contributed by atoms with Crippen LogP contribution >= 0.6 is 0 Å². The van der Waals surface area contributed by atoms with Crippen LogP contribution < -0.4 is 0 Å². The highest BCUT2D eigenvalue weighted by atomic mass is 19.1. The maximum Gasteiger partial charge on any atom is 0.165 e. The molecule has 1 N–H and O–H groups in total. The fourth-order valence-electron chi connectivity index (χ4n) is 0.938. The summed E-state index contributed by atoms with van der Waals surface area (Å²) in [5.41, 5.74) is 0.539. The Kier molecular flexibility index (Phi) is 2.90. The zero-order chi connectivity index (χ0) is 9.84. The van der Waals surface area contributed by atoms with Crippen LogP contribution in [0, 0.1) is 5.82 Å². The van der Waals surface area contributed by atoms with Crippen molar-refractivity contribution in [3.05, 3.63) is 36.2 Å². The van der Waals surface area contributed by atoms with Crippen molar-refractivity contribution in [2.24, 2.45) is 0 Å². The fraction of sp³-hybridized carbons (Fsp3) is 0.200. The van der Waals surface area contributed by atoms with Gasteiger partial charge in [0.25, 0.3) is 0 Å². The Bertz CT molecular complexity index is 321. The highest BCUT2D eigenvalue weighted by Crippen LogP contribution is 2.21. The zero-order valence-electron chi connectivity index (χ0n) is 7.38. The summed E-state index contributed by atoms with van der Waals surface area (Å²) in [6.45, 7) is 5.92. The molecule has 1 rings (SSSR count). The predicted molar refractivity (Wildman–Crippen MR) is 48.7 cm³/mol. The number of hydrogen-bond donors (Lipinski definition) is 1. The van der Waals surface area contributed by atoms with Gasteiger partial charge in [0.1, 0.15) is 5.76 Å². The molecule has 0 aliphatic carbocycles. The molecule has 0 saturated carbocycles. The molecule has 0 aliphatic rings. The molecular weight excluding hydrogens is 171 g/mol. The topological polar surface area (TPSA) is 29.5 Å². The molecule has 0 saturated heterocycles. The summed E-state index contributed by atoms with van der Waals surface area (Å²) in [5, 5.41) is 8.91. The van der Waals surface area contributed by atoms with Crippen LogP contribution in [0.25, 0.3) is 5.76 Å². The van der Waals surface area contributed by atoms with Crippen LogP contribution in [-0.4, -0.2) is 11.7 Å².